The summed E-state index contributed by atoms with van der Waals surface area (Å²) in [5, 5.41) is 8.23. The van der Waals surface area contributed by atoms with E-state index in [1.54, 1.807) is 20.8 Å². The fraction of sp³-hybridized carbons (Fsp3) is 0.696. The number of nitrogens with one attached hydrogen (secondary N) is 3. The molecule has 0 aliphatic carbocycles. The van der Waals surface area contributed by atoms with Gasteiger partial charge in [0, 0.05) is 23.9 Å². The van der Waals surface area contributed by atoms with Crippen LogP contribution in [0.5, 0.6) is 0 Å². The second kappa shape index (κ2) is 17.1. The molecular weight excluding hydrogens is 508 g/mol. The minimum Gasteiger partial charge on any atom is -0.459 e. The van der Waals surface area contributed by atoms with Gasteiger partial charge in [0.05, 0.1) is 12.1 Å². The molecule has 34 heavy (non-hydrogen) atoms. The Morgan fingerprint density at radius 1 is 1.00 bits per heavy atom. The Balaban J connectivity index is 4.56. The van der Waals surface area contributed by atoms with Gasteiger partial charge in [-0.25, -0.2) is 9.59 Å². The van der Waals surface area contributed by atoms with Crippen molar-refractivity contribution in [3.8, 4) is 0 Å². The standard InChI is InChI=1S/C23H39BrN4O6/c1-14(2)20(21(31)27-18(17(5)29)10-8-12-26-23(25)33)28-19(30)11-7-6-9-16(4)34-22(32)15(3)13-24/h14,16,18,20H,3,6-13H2,1-2,4-5H3,(H,27,31)(H,28,30)(H3,25,26,33)/t16?,18-,20-/m0/s1. The Bertz CT molecular complexity index is 728. The van der Waals surface area contributed by atoms with Crippen LogP contribution in [0.25, 0.3) is 0 Å². The van der Waals surface area contributed by atoms with E-state index < -0.39 is 30.0 Å². The van der Waals surface area contributed by atoms with Gasteiger partial charge in [-0.1, -0.05) is 36.4 Å². The van der Waals surface area contributed by atoms with Crippen LogP contribution in [-0.4, -0.2) is 59.7 Å². The molecule has 0 aromatic rings. The average Bonchev–Trinajstić information content (AvgIpc) is 2.75. The monoisotopic (exact) mass is 546 g/mol. The third kappa shape index (κ3) is 14.0. The van der Waals surface area contributed by atoms with E-state index in [0.29, 0.717) is 49.6 Å². The first-order valence-electron chi connectivity index (χ1n) is 11.5. The highest BCUT2D eigenvalue weighted by Crippen LogP contribution is 2.11. The zero-order chi connectivity index (χ0) is 26.3. The highest BCUT2D eigenvalue weighted by atomic mass is 79.9. The van der Waals surface area contributed by atoms with Crippen LogP contribution in [0.1, 0.15) is 66.2 Å². The van der Waals surface area contributed by atoms with Crippen molar-refractivity contribution >= 4 is 45.5 Å². The van der Waals surface area contributed by atoms with E-state index in [1.165, 1.54) is 6.92 Å². The summed E-state index contributed by atoms with van der Waals surface area (Å²) in [6.07, 6.45) is 2.58. The molecule has 3 atom stereocenters. The van der Waals surface area contributed by atoms with Crippen LogP contribution >= 0.6 is 15.9 Å². The lowest BCUT2D eigenvalue weighted by Crippen LogP contribution is -2.53. The highest BCUT2D eigenvalue weighted by molar-refractivity contribution is 9.09. The number of primary amides is 1. The zero-order valence-electron chi connectivity index (χ0n) is 20.6. The van der Waals surface area contributed by atoms with Crippen LogP contribution in [-0.2, 0) is 23.9 Å². The lowest BCUT2D eigenvalue weighted by Gasteiger charge is -2.24. The average molecular weight is 547 g/mol. The van der Waals surface area contributed by atoms with Crippen molar-refractivity contribution in [3.63, 3.8) is 0 Å². The first-order valence-corrected chi connectivity index (χ1v) is 12.6. The summed E-state index contributed by atoms with van der Waals surface area (Å²) in [6, 6.07) is -2.15. The number of hydrogen-bond donors (Lipinski definition) is 4. The van der Waals surface area contributed by atoms with Crippen LogP contribution in [0.3, 0.4) is 0 Å². The van der Waals surface area contributed by atoms with E-state index in [0.717, 1.165) is 0 Å². The predicted molar refractivity (Wildman–Crippen MR) is 133 cm³/mol. The van der Waals surface area contributed by atoms with E-state index in [-0.39, 0.29) is 30.1 Å². The van der Waals surface area contributed by atoms with Crippen molar-refractivity contribution in [2.75, 3.05) is 11.9 Å². The number of alkyl halides is 1. The van der Waals surface area contributed by atoms with Crippen LogP contribution in [0.4, 0.5) is 4.79 Å². The Kier molecular flexibility index (Phi) is 15.9. The molecule has 10 nitrogen and oxygen atoms in total. The number of rotatable bonds is 17. The van der Waals surface area contributed by atoms with Gasteiger partial charge in [-0.2, -0.15) is 0 Å². The largest absolute Gasteiger partial charge is 0.459 e. The molecule has 0 aromatic carbocycles. The molecule has 0 spiro atoms. The maximum absolute atomic E-state index is 12.8. The van der Waals surface area contributed by atoms with E-state index >= 15 is 0 Å². The summed E-state index contributed by atoms with van der Waals surface area (Å²) in [4.78, 5) is 59.5. The van der Waals surface area contributed by atoms with Gasteiger partial charge in [-0.05, 0) is 51.9 Å². The van der Waals surface area contributed by atoms with E-state index in [2.05, 4.69) is 38.5 Å². The maximum atomic E-state index is 12.8. The van der Waals surface area contributed by atoms with Crippen LogP contribution < -0.4 is 21.7 Å². The number of amides is 4. The molecule has 0 aliphatic rings. The van der Waals surface area contributed by atoms with Crippen molar-refractivity contribution < 1.29 is 28.7 Å². The lowest BCUT2D eigenvalue weighted by atomic mass is 10.0. The fourth-order valence-electron chi connectivity index (χ4n) is 3.03. The third-order valence-corrected chi connectivity index (χ3v) is 5.74. The molecule has 0 saturated carbocycles. The number of hydrogen-bond acceptors (Lipinski definition) is 6. The Morgan fingerprint density at radius 2 is 1.65 bits per heavy atom. The van der Waals surface area contributed by atoms with Gasteiger partial charge in [-0.15, -0.1) is 0 Å². The second-order valence-electron chi connectivity index (χ2n) is 8.59. The van der Waals surface area contributed by atoms with Crippen molar-refractivity contribution in [2.24, 2.45) is 11.7 Å². The van der Waals surface area contributed by atoms with Crippen molar-refractivity contribution in [1.82, 2.24) is 16.0 Å². The summed E-state index contributed by atoms with van der Waals surface area (Å²) >= 11 is 3.16. The summed E-state index contributed by atoms with van der Waals surface area (Å²) in [7, 11) is 0. The lowest BCUT2D eigenvalue weighted by molar-refractivity contribution is -0.143. The zero-order valence-corrected chi connectivity index (χ0v) is 22.2. The molecule has 1 unspecified atom stereocenters. The molecule has 194 valence electrons. The number of nitrogens with two attached hydrogens (primary N) is 1. The number of Topliss-reactive ketones (excluding diaryl/α,β-unsaturated/α-hetero) is 1. The van der Waals surface area contributed by atoms with Crippen LogP contribution in [0.2, 0.25) is 0 Å². The third-order valence-electron chi connectivity index (χ3n) is 5.06. The summed E-state index contributed by atoms with van der Waals surface area (Å²) in [5.41, 5.74) is 5.36. The highest BCUT2D eigenvalue weighted by Gasteiger charge is 2.27. The number of esters is 1. The van der Waals surface area contributed by atoms with E-state index in [1.807, 2.05) is 0 Å². The molecule has 4 amide bonds. The normalized spacial score (nSPS) is 13.4. The van der Waals surface area contributed by atoms with Gasteiger partial charge in [0.2, 0.25) is 11.8 Å². The van der Waals surface area contributed by atoms with Gasteiger partial charge in [0.25, 0.3) is 0 Å². The molecular formula is C23H39BrN4O6. The number of urea groups is 1. The minimum atomic E-state index is -0.784. The van der Waals surface area contributed by atoms with Gasteiger partial charge in [0.1, 0.15) is 6.04 Å². The van der Waals surface area contributed by atoms with Gasteiger partial charge in [0.15, 0.2) is 5.78 Å². The van der Waals surface area contributed by atoms with Crippen molar-refractivity contribution in [3.05, 3.63) is 12.2 Å². The van der Waals surface area contributed by atoms with Gasteiger partial charge in [-0.3, -0.25) is 14.4 Å². The Hall–Kier alpha value is -2.43. The summed E-state index contributed by atoms with van der Waals surface area (Å²) in [5.74, 6) is -1.54. The van der Waals surface area contributed by atoms with Crippen molar-refractivity contribution in [2.45, 2.75) is 84.4 Å². The van der Waals surface area contributed by atoms with Crippen LogP contribution in [0.15, 0.2) is 12.2 Å². The fourth-order valence-corrected chi connectivity index (χ4v) is 3.26. The Labute approximate surface area is 210 Å². The number of ketones is 1. The van der Waals surface area contributed by atoms with Crippen molar-refractivity contribution in [1.29, 1.82) is 0 Å². The maximum Gasteiger partial charge on any atom is 0.334 e. The number of ether oxygens (including phenoxy) is 1. The molecule has 0 fully saturated rings. The number of halogens is 1. The smallest absolute Gasteiger partial charge is 0.334 e. The number of carbonyl (C=O) groups excluding carboxylic acids is 5. The van der Waals surface area contributed by atoms with E-state index in [9.17, 15) is 24.0 Å². The first kappa shape index (κ1) is 31.6. The van der Waals surface area contributed by atoms with Gasteiger partial charge < -0.3 is 26.4 Å². The quantitative estimate of drug-likeness (QED) is 0.0946. The first-order chi connectivity index (χ1) is 15.9. The molecule has 0 aromatic heterocycles. The number of carbonyl (C=O) groups is 5. The molecule has 11 heteroatoms. The molecule has 0 rings (SSSR count). The topological polar surface area (TPSA) is 157 Å². The predicted octanol–water partition coefficient (Wildman–Crippen LogP) is 2.09. The Morgan fingerprint density at radius 3 is 2.18 bits per heavy atom. The molecule has 0 saturated heterocycles. The SMILES string of the molecule is C=C(CBr)C(=O)OC(C)CCCCC(=O)N[C@H](C(=O)N[C@@H](CCCNC(N)=O)C(C)=O)C(C)C. The summed E-state index contributed by atoms with van der Waals surface area (Å²) in [6.45, 7) is 10.7. The van der Waals surface area contributed by atoms with Gasteiger partial charge >= 0.3 is 12.0 Å². The molecule has 0 bridgehead atoms. The minimum absolute atomic E-state index is 0.185. The molecule has 0 aliphatic heterocycles. The molecule has 5 N–H and O–H groups in total. The second-order valence-corrected chi connectivity index (χ2v) is 9.15. The summed E-state index contributed by atoms with van der Waals surface area (Å²) < 4.78 is 5.26. The molecule has 0 heterocycles. The molecule has 0 radical (unpaired) electrons. The number of unbranched alkanes of at least 4 members (excludes halogenated alkanes) is 1. The van der Waals surface area contributed by atoms with Crippen LogP contribution in [0, 0.1) is 5.92 Å². The van der Waals surface area contributed by atoms with E-state index in [4.69, 9.17) is 10.5 Å².